The maximum Gasteiger partial charge on any atom is 0.343 e. The van der Waals surface area contributed by atoms with E-state index in [2.05, 4.69) is 15.5 Å². The molecular formula is C19H20N4O3S. The molecule has 0 aliphatic heterocycles. The number of hydrogen-bond acceptors (Lipinski definition) is 5. The number of amides is 1. The van der Waals surface area contributed by atoms with Gasteiger partial charge >= 0.3 is 5.69 Å². The van der Waals surface area contributed by atoms with E-state index < -0.39 is 0 Å². The maximum atomic E-state index is 12.1. The fourth-order valence-electron chi connectivity index (χ4n) is 2.50. The van der Waals surface area contributed by atoms with Crippen molar-refractivity contribution in [1.29, 1.82) is 0 Å². The minimum atomic E-state index is -0.274. The molecule has 27 heavy (non-hydrogen) atoms. The molecule has 0 bridgehead atoms. The van der Waals surface area contributed by atoms with Gasteiger partial charge in [-0.1, -0.05) is 42.1 Å². The Labute approximate surface area is 160 Å². The van der Waals surface area contributed by atoms with Gasteiger partial charge in [0.1, 0.15) is 5.75 Å². The quantitative estimate of drug-likeness (QED) is 0.583. The standard InChI is InChI=1S/C19H20N4O3S/c1-26-16-9-7-15(8-10-16)20-17(24)13-27-19-22-21-18(25)23(19)12-11-14-5-3-2-4-6-14/h2-10H,11-13H2,1H3,(H,20,24)(H,21,25). The Morgan fingerprint density at radius 3 is 2.63 bits per heavy atom. The number of aryl methyl sites for hydroxylation is 1. The van der Waals surface area contributed by atoms with Crippen LogP contribution in [0.2, 0.25) is 0 Å². The largest absolute Gasteiger partial charge is 0.497 e. The molecule has 3 rings (SSSR count). The summed E-state index contributed by atoms with van der Waals surface area (Å²) in [7, 11) is 1.59. The molecule has 0 aliphatic rings. The summed E-state index contributed by atoms with van der Waals surface area (Å²) < 4.78 is 6.64. The third-order valence-electron chi connectivity index (χ3n) is 3.90. The van der Waals surface area contributed by atoms with Crippen LogP contribution in [0.4, 0.5) is 5.69 Å². The summed E-state index contributed by atoms with van der Waals surface area (Å²) in [6, 6.07) is 17.0. The summed E-state index contributed by atoms with van der Waals surface area (Å²) in [4.78, 5) is 24.1. The van der Waals surface area contributed by atoms with E-state index >= 15 is 0 Å². The molecule has 2 aromatic carbocycles. The Morgan fingerprint density at radius 2 is 1.93 bits per heavy atom. The minimum absolute atomic E-state index is 0.154. The average molecular weight is 384 g/mol. The van der Waals surface area contributed by atoms with E-state index in [9.17, 15) is 9.59 Å². The van der Waals surface area contributed by atoms with Crippen molar-refractivity contribution in [2.24, 2.45) is 0 Å². The molecule has 0 radical (unpaired) electrons. The molecule has 140 valence electrons. The van der Waals surface area contributed by atoms with Crippen molar-refractivity contribution in [2.45, 2.75) is 18.1 Å². The Balaban J connectivity index is 1.56. The van der Waals surface area contributed by atoms with Crippen LogP contribution in [0.5, 0.6) is 5.75 Å². The molecule has 0 atom stereocenters. The lowest BCUT2D eigenvalue weighted by molar-refractivity contribution is -0.113. The molecule has 2 N–H and O–H groups in total. The van der Waals surface area contributed by atoms with Gasteiger partial charge in [0.25, 0.3) is 0 Å². The van der Waals surface area contributed by atoms with Crippen LogP contribution in [0.3, 0.4) is 0 Å². The van der Waals surface area contributed by atoms with E-state index in [0.29, 0.717) is 23.8 Å². The predicted octanol–water partition coefficient (Wildman–Crippen LogP) is 2.55. The lowest BCUT2D eigenvalue weighted by Gasteiger charge is -2.07. The Morgan fingerprint density at radius 1 is 1.19 bits per heavy atom. The van der Waals surface area contributed by atoms with Gasteiger partial charge in [-0.25, -0.2) is 9.89 Å². The molecule has 7 nitrogen and oxygen atoms in total. The van der Waals surface area contributed by atoms with Crippen LogP contribution in [-0.2, 0) is 17.8 Å². The van der Waals surface area contributed by atoms with Crippen LogP contribution < -0.4 is 15.7 Å². The molecule has 0 saturated heterocycles. The van der Waals surface area contributed by atoms with Crippen molar-refractivity contribution in [2.75, 3.05) is 18.2 Å². The molecule has 1 aromatic heterocycles. The monoisotopic (exact) mass is 384 g/mol. The van der Waals surface area contributed by atoms with Gasteiger partial charge in [0, 0.05) is 12.2 Å². The van der Waals surface area contributed by atoms with Gasteiger partial charge in [-0.05, 0) is 36.2 Å². The van der Waals surface area contributed by atoms with E-state index in [4.69, 9.17) is 4.74 Å². The maximum absolute atomic E-state index is 12.1. The van der Waals surface area contributed by atoms with Gasteiger partial charge in [-0.15, -0.1) is 5.10 Å². The van der Waals surface area contributed by atoms with E-state index in [1.54, 1.807) is 35.9 Å². The Hall–Kier alpha value is -3.00. The molecule has 0 fully saturated rings. The van der Waals surface area contributed by atoms with E-state index in [0.717, 1.165) is 11.3 Å². The summed E-state index contributed by atoms with van der Waals surface area (Å²) in [5.41, 5.74) is 1.55. The van der Waals surface area contributed by atoms with Crippen molar-refractivity contribution in [1.82, 2.24) is 14.8 Å². The first-order valence-electron chi connectivity index (χ1n) is 8.41. The second kappa shape index (κ2) is 9.09. The first kappa shape index (κ1) is 18.8. The molecular weight excluding hydrogens is 364 g/mol. The third-order valence-corrected chi connectivity index (χ3v) is 4.87. The van der Waals surface area contributed by atoms with Gasteiger partial charge in [0.05, 0.1) is 12.9 Å². The van der Waals surface area contributed by atoms with E-state index in [-0.39, 0.29) is 17.3 Å². The van der Waals surface area contributed by atoms with Crippen molar-refractivity contribution in [3.8, 4) is 5.75 Å². The second-order valence-corrected chi connectivity index (χ2v) is 6.71. The number of aromatic amines is 1. The van der Waals surface area contributed by atoms with Crippen LogP contribution in [0.1, 0.15) is 5.56 Å². The van der Waals surface area contributed by atoms with Crippen molar-refractivity contribution < 1.29 is 9.53 Å². The lowest BCUT2D eigenvalue weighted by Crippen LogP contribution is -2.20. The van der Waals surface area contributed by atoms with Crippen molar-refractivity contribution in [3.63, 3.8) is 0 Å². The highest BCUT2D eigenvalue weighted by Crippen LogP contribution is 2.17. The topological polar surface area (TPSA) is 89.0 Å². The zero-order valence-corrected chi connectivity index (χ0v) is 15.7. The highest BCUT2D eigenvalue weighted by atomic mass is 32.2. The SMILES string of the molecule is COc1ccc(NC(=O)CSc2n[nH]c(=O)n2CCc2ccccc2)cc1. The minimum Gasteiger partial charge on any atom is -0.497 e. The number of hydrogen-bond donors (Lipinski definition) is 2. The molecule has 1 amide bonds. The average Bonchev–Trinajstić information content (AvgIpc) is 3.05. The van der Waals surface area contributed by atoms with Crippen LogP contribution >= 0.6 is 11.8 Å². The molecule has 0 saturated carbocycles. The molecule has 0 unspecified atom stereocenters. The van der Waals surface area contributed by atoms with E-state index in [1.165, 1.54) is 11.8 Å². The number of thioether (sulfide) groups is 1. The van der Waals surface area contributed by atoms with Gasteiger partial charge in [0.15, 0.2) is 5.16 Å². The number of methoxy groups -OCH3 is 1. The van der Waals surface area contributed by atoms with Crippen LogP contribution in [0.25, 0.3) is 0 Å². The number of benzene rings is 2. The van der Waals surface area contributed by atoms with Gasteiger partial charge in [0.2, 0.25) is 5.91 Å². The van der Waals surface area contributed by atoms with Crippen LogP contribution in [0.15, 0.2) is 64.5 Å². The molecule has 8 heteroatoms. The number of anilines is 1. The summed E-state index contributed by atoms with van der Waals surface area (Å²) in [6.45, 7) is 0.502. The number of nitrogens with zero attached hydrogens (tertiary/aromatic N) is 2. The van der Waals surface area contributed by atoms with Gasteiger partial charge < -0.3 is 10.1 Å². The summed E-state index contributed by atoms with van der Waals surface area (Å²) in [5, 5.41) is 9.78. The summed E-state index contributed by atoms with van der Waals surface area (Å²) in [5.74, 6) is 0.707. The number of ether oxygens (including phenoxy) is 1. The summed E-state index contributed by atoms with van der Waals surface area (Å²) in [6.07, 6.45) is 0.714. The molecule has 1 heterocycles. The number of aromatic nitrogens is 3. The fraction of sp³-hybridized carbons (Fsp3) is 0.211. The van der Waals surface area contributed by atoms with Crippen molar-refractivity contribution in [3.05, 3.63) is 70.6 Å². The zero-order chi connectivity index (χ0) is 19.1. The zero-order valence-electron chi connectivity index (χ0n) is 14.8. The van der Waals surface area contributed by atoms with Crippen LogP contribution in [0, 0.1) is 0 Å². The normalized spacial score (nSPS) is 10.6. The smallest absolute Gasteiger partial charge is 0.343 e. The number of carbonyl (C=O) groups is 1. The predicted molar refractivity (Wildman–Crippen MR) is 105 cm³/mol. The Kier molecular flexibility index (Phi) is 6.32. The van der Waals surface area contributed by atoms with Crippen molar-refractivity contribution >= 4 is 23.4 Å². The first-order valence-corrected chi connectivity index (χ1v) is 9.40. The molecule has 0 spiro atoms. The summed E-state index contributed by atoms with van der Waals surface area (Å²) >= 11 is 1.22. The van der Waals surface area contributed by atoms with Crippen LogP contribution in [-0.4, -0.2) is 33.5 Å². The van der Waals surface area contributed by atoms with Gasteiger partial charge in [-0.3, -0.25) is 9.36 Å². The number of rotatable bonds is 8. The van der Waals surface area contributed by atoms with E-state index in [1.807, 2.05) is 30.3 Å². The Bertz CT molecular complexity index is 936. The lowest BCUT2D eigenvalue weighted by atomic mass is 10.1. The second-order valence-electron chi connectivity index (χ2n) is 5.76. The molecule has 0 aliphatic carbocycles. The fourth-order valence-corrected chi connectivity index (χ4v) is 3.27. The number of nitrogens with one attached hydrogen (secondary N) is 2. The van der Waals surface area contributed by atoms with Gasteiger partial charge in [-0.2, -0.15) is 0 Å². The highest BCUT2D eigenvalue weighted by Gasteiger charge is 2.12. The third kappa shape index (κ3) is 5.24. The number of carbonyl (C=O) groups excluding carboxylic acids is 1. The molecule has 3 aromatic rings. The number of H-pyrrole nitrogens is 1. The first-order chi connectivity index (χ1) is 13.2. The highest BCUT2D eigenvalue weighted by molar-refractivity contribution is 7.99.